The monoisotopic (exact) mass is 312 g/mol. The molecule has 1 aliphatic heterocycles. The lowest BCUT2D eigenvalue weighted by molar-refractivity contribution is -0.126. The Morgan fingerprint density at radius 2 is 1.91 bits per heavy atom. The first kappa shape index (κ1) is 15.2. The number of piperazine rings is 1. The zero-order chi connectivity index (χ0) is 16.1. The lowest BCUT2D eigenvalue weighted by Crippen LogP contribution is -2.48. The number of hydrogen-bond acceptors (Lipinski definition) is 4. The normalized spacial score (nSPS) is 15.2. The van der Waals surface area contributed by atoms with Crippen LogP contribution in [0.25, 0.3) is 6.08 Å². The van der Waals surface area contributed by atoms with Crippen LogP contribution < -0.4 is 9.64 Å². The highest BCUT2D eigenvalue weighted by atomic mass is 16.5. The Bertz CT molecular complexity index is 671. The Morgan fingerprint density at radius 3 is 2.61 bits per heavy atom. The summed E-state index contributed by atoms with van der Waals surface area (Å²) in [5.74, 6) is 1.57. The minimum absolute atomic E-state index is 0.0149. The summed E-state index contributed by atoms with van der Waals surface area (Å²) >= 11 is 0. The largest absolute Gasteiger partial charge is 0.495 e. The van der Waals surface area contributed by atoms with Gasteiger partial charge in [0.25, 0.3) is 0 Å². The van der Waals surface area contributed by atoms with Crippen LogP contribution in [0.3, 0.4) is 0 Å². The Hall–Kier alpha value is -2.69. The van der Waals surface area contributed by atoms with Gasteiger partial charge in [-0.05, 0) is 30.3 Å². The van der Waals surface area contributed by atoms with Gasteiger partial charge in [0.1, 0.15) is 11.5 Å². The molecular weight excluding hydrogens is 292 g/mol. The number of ether oxygens (including phenoxy) is 1. The molecule has 1 aromatic carbocycles. The van der Waals surface area contributed by atoms with Gasteiger partial charge in [0.2, 0.25) is 5.91 Å². The molecule has 1 aliphatic rings. The maximum Gasteiger partial charge on any atom is 0.246 e. The van der Waals surface area contributed by atoms with Crippen LogP contribution in [0.4, 0.5) is 5.69 Å². The van der Waals surface area contributed by atoms with Crippen molar-refractivity contribution in [3.05, 3.63) is 54.5 Å². The predicted molar refractivity (Wildman–Crippen MR) is 89.5 cm³/mol. The highest BCUT2D eigenvalue weighted by Gasteiger charge is 2.21. The fraction of sp³-hybridized carbons (Fsp3) is 0.278. The van der Waals surface area contributed by atoms with E-state index >= 15 is 0 Å². The number of para-hydroxylation sites is 2. The van der Waals surface area contributed by atoms with E-state index < -0.39 is 0 Å². The van der Waals surface area contributed by atoms with Crippen molar-refractivity contribution < 1.29 is 13.9 Å². The van der Waals surface area contributed by atoms with Crippen LogP contribution >= 0.6 is 0 Å². The summed E-state index contributed by atoms with van der Waals surface area (Å²) in [7, 11) is 1.68. The van der Waals surface area contributed by atoms with Gasteiger partial charge >= 0.3 is 0 Å². The van der Waals surface area contributed by atoms with E-state index in [0.717, 1.165) is 24.5 Å². The first-order valence-corrected chi connectivity index (χ1v) is 7.66. The molecule has 0 N–H and O–H groups in total. The van der Waals surface area contributed by atoms with E-state index in [1.54, 1.807) is 31.6 Å². The molecule has 2 heterocycles. The molecule has 0 radical (unpaired) electrons. The van der Waals surface area contributed by atoms with Crippen LogP contribution in [-0.4, -0.2) is 44.1 Å². The van der Waals surface area contributed by atoms with Crippen LogP contribution in [0.15, 0.2) is 53.2 Å². The summed E-state index contributed by atoms with van der Waals surface area (Å²) in [4.78, 5) is 16.3. The second-order valence-corrected chi connectivity index (χ2v) is 5.33. The van der Waals surface area contributed by atoms with Gasteiger partial charge in [0, 0.05) is 32.3 Å². The number of hydrogen-bond donors (Lipinski definition) is 0. The number of furan rings is 1. The van der Waals surface area contributed by atoms with E-state index in [4.69, 9.17) is 9.15 Å². The van der Waals surface area contributed by atoms with E-state index in [1.165, 1.54) is 0 Å². The van der Waals surface area contributed by atoms with Crippen molar-refractivity contribution in [1.29, 1.82) is 0 Å². The molecule has 5 heteroatoms. The number of anilines is 1. The molecule has 1 amide bonds. The van der Waals surface area contributed by atoms with Crippen LogP contribution in [0, 0.1) is 0 Å². The third-order valence-corrected chi connectivity index (χ3v) is 3.95. The summed E-state index contributed by atoms with van der Waals surface area (Å²) in [5.41, 5.74) is 1.08. The average Bonchev–Trinajstić information content (AvgIpc) is 3.13. The maximum absolute atomic E-state index is 12.2. The summed E-state index contributed by atoms with van der Waals surface area (Å²) < 4.78 is 10.6. The molecule has 0 aliphatic carbocycles. The zero-order valence-electron chi connectivity index (χ0n) is 13.1. The summed E-state index contributed by atoms with van der Waals surface area (Å²) in [6.45, 7) is 2.97. The van der Waals surface area contributed by atoms with Gasteiger partial charge in [-0.3, -0.25) is 4.79 Å². The Labute approximate surface area is 135 Å². The van der Waals surface area contributed by atoms with Gasteiger partial charge in [-0.25, -0.2) is 0 Å². The molecule has 1 saturated heterocycles. The molecule has 2 aromatic rings. The van der Waals surface area contributed by atoms with Crippen molar-refractivity contribution in [2.45, 2.75) is 0 Å². The standard InChI is InChI=1S/C18H20N2O3/c1-22-17-7-3-2-6-16(17)19-10-12-20(13-11-19)18(21)9-8-15-5-4-14-23-15/h2-9,14H,10-13H2,1H3/b9-8+. The molecule has 1 aromatic heterocycles. The SMILES string of the molecule is COc1ccccc1N1CCN(C(=O)/C=C/c2ccco2)CC1. The number of rotatable bonds is 4. The second kappa shape index (κ2) is 7.05. The minimum atomic E-state index is 0.0149. The van der Waals surface area contributed by atoms with Crippen LogP contribution in [0.2, 0.25) is 0 Å². The van der Waals surface area contributed by atoms with Gasteiger partial charge in [-0.2, -0.15) is 0 Å². The number of amides is 1. The third kappa shape index (κ3) is 3.56. The van der Waals surface area contributed by atoms with Gasteiger partial charge in [0.05, 0.1) is 19.1 Å². The van der Waals surface area contributed by atoms with Crippen molar-refractivity contribution in [3.8, 4) is 5.75 Å². The molecule has 23 heavy (non-hydrogen) atoms. The highest BCUT2D eigenvalue weighted by Crippen LogP contribution is 2.28. The van der Waals surface area contributed by atoms with Crippen LogP contribution in [0.5, 0.6) is 5.75 Å². The van der Waals surface area contributed by atoms with E-state index in [1.807, 2.05) is 35.2 Å². The smallest absolute Gasteiger partial charge is 0.246 e. The van der Waals surface area contributed by atoms with Gasteiger partial charge in [-0.1, -0.05) is 12.1 Å². The van der Waals surface area contributed by atoms with E-state index in [0.29, 0.717) is 18.8 Å². The van der Waals surface area contributed by atoms with Crippen LogP contribution in [-0.2, 0) is 4.79 Å². The molecule has 0 bridgehead atoms. The average molecular weight is 312 g/mol. The van der Waals surface area contributed by atoms with Gasteiger partial charge in [-0.15, -0.1) is 0 Å². The molecule has 0 unspecified atom stereocenters. The molecular formula is C18H20N2O3. The lowest BCUT2D eigenvalue weighted by Gasteiger charge is -2.36. The fourth-order valence-electron chi connectivity index (χ4n) is 2.70. The van der Waals surface area contributed by atoms with E-state index in [2.05, 4.69) is 4.90 Å². The minimum Gasteiger partial charge on any atom is -0.495 e. The molecule has 1 fully saturated rings. The molecule has 3 rings (SSSR count). The van der Waals surface area contributed by atoms with Gasteiger partial charge in [0.15, 0.2) is 0 Å². The highest BCUT2D eigenvalue weighted by molar-refractivity contribution is 5.91. The van der Waals surface area contributed by atoms with E-state index in [-0.39, 0.29) is 5.91 Å². The molecule has 0 saturated carbocycles. The Balaban J connectivity index is 1.59. The second-order valence-electron chi connectivity index (χ2n) is 5.33. The quantitative estimate of drug-likeness (QED) is 0.814. The summed E-state index contributed by atoms with van der Waals surface area (Å²) in [6, 6.07) is 11.6. The molecule has 0 spiro atoms. The van der Waals surface area contributed by atoms with Crippen molar-refractivity contribution in [2.24, 2.45) is 0 Å². The van der Waals surface area contributed by atoms with Crippen molar-refractivity contribution in [2.75, 3.05) is 38.2 Å². The zero-order valence-corrected chi connectivity index (χ0v) is 13.1. The number of methoxy groups -OCH3 is 1. The van der Waals surface area contributed by atoms with Crippen molar-refractivity contribution in [1.82, 2.24) is 4.90 Å². The lowest BCUT2D eigenvalue weighted by atomic mass is 10.2. The maximum atomic E-state index is 12.2. The fourth-order valence-corrected chi connectivity index (χ4v) is 2.70. The topological polar surface area (TPSA) is 45.9 Å². The predicted octanol–water partition coefficient (Wildman–Crippen LogP) is 2.65. The van der Waals surface area contributed by atoms with Crippen molar-refractivity contribution >= 4 is 17.7 Å². The number of carbonyl (C=O) groups excluding carboxylic acids is 1. The number of carbonyl (C=O) groups is 1. The molecule has 0 atom stereocenters. The first-order chi connectivity index (χ1) is 11.3. The number of nitrogens with zero attached hydrogens (tertiary/aromatic N) is 2. The Kier molecular flexibility index (Phi) is 4.66. The summed E-state index contributed by atoms with van der Waals surface area (Å²) in [5, 5.41) is 0. The Morgan fingerprint density at radius 1 is 1.13 bits per heavy atom. The first-order valence-electron chi connectivity index (χ1n) is 7.66. The van der Waals surface area contributed by atoms with E-state index in [9.17, 15) is 4.79 Å². The van der Waals surface area contributed by atoms with Gasteiger partial charge < -0.3 is 19.0 Å². The summed E-state index contributed by atoms with van der Waals surface area (Å²) in [6.07, 6.45) is 4.86. The molecule has 5 nitrogen and oxygen atoms in total. The third-order valence-electron chi connectivity index (χ3n) is 3.95. The van der Waals surface area contributed by atoms with Crippen molar-refractivity contribution in [3.63, 3.8) is 0 Å². The molecule has 120 valence electrons. The van der Waals surface area contributed by atoms with Crippen LogP contribution in [0.1, 0.15) is 5.76 Å². The number of benzene rings is 1.